The van der Waals surface area contributed by atoms with Gasteiger partial charge in [-0.2, -0.15) is 0 Å². The number of benzene rings is 2. The zero-order valence-electron chi connectivity index (χ0n) is 22.7. The molecule has 0 radical (unpaired) electrons. The number of carbonyl (C=O) groups excluding carboxylic acids is 4. The van der Waals surface area contributed by atoms with Crippen LogP contribution in [-0.4, -0.2) is 82.7 Å². The van der Waals surface area contributed by atoms with E-state index < -0.39 is 11.6 Å². The molecule has 2 aromatic carbocycles. The minimum Gasteiger partial charge on any atom is -0.379 e. The molecule has 0 atom stereocenters. The molecular formula is C28H32N8O5. The number of hydrogen-bond acceptors (Lipinski definition) is 7. The van der Waals surface area contributed by atoms with Crippen LogP contribution in [0, 0.1) is 0 Å². The lowest BCUT2D eigenvalue weighted by atomic mass is 9.87. The van der Waals surface area contributed by atoms with Gasteiger partial charge in [-0.1, -0.05) is 35.5 Å². The molecule has 0 unspecified atom stereocenters. The summed E-state index contributed by atoms with van der Waals surface area (Å²) in [4.78, 5) is 53.0. The highest BCUT2D eigenvalue weighted by Crippen LogP contribution is 2.32. The zero-order valence-corrected chi connectivity index (χ0v) is 22.7. The number of ether oxygens (including phenoxy) is 1. The maximum Gasteiger partial charge on any atom is 0.329 e. The SMILES string of the molecule is CNC(=O)CCOCCn1cc(-c2cccc(NC(=O)N3CCC4(CC3)NC(=O)N(c3ccccc3)C4=O)c2)nn1. The Balaban J connectivity index is 1.13. The molecule has 1 aromatic heterocycles. The quantitative estimate of drug-likeness (QED) is 0.268. The van der Waals surface area contributed by atoms with Crippen molar-refractivity contribution >= 4 is 35.3 Å². The number of hydrogen-bond donors (Lipinski definition) is 3. The van der Waals surface area contributed by atoms with Crippen LogP contribution in [0.15, 0.2) is 60.8 Å². The number of amides is 6. The summed E-state index contributed by atoms with van der Waals surface area (Å²) >= 11 is 0. The topological polar surface area (TPSA) is 151 Å². The van der Waals surface area contributed by atoms with Crippen LogP contribution in [0.3, 0.4) is 0 Å². The van der Waals surface area contributed by atoms with E-state index >= 15 is 0 Å². The van der Waals surface area contributed by atoms with E-state index in [1.165, 1.54) is 4.90 Å². The number of urea groups is 2. The second kappa shape index (κ2) is 12.2. The Labute approximate surface area is 236 Å². The summed E-state index contributed by atoms with van der Waals surface area (Å²) in [5, 5.41) is 16.7. The number of nitrogens with one attached hydrogen (secondary N) is 3. The fourth-order valence-electron chi connectivity index (χ4n) is 4.91. The van der Waals surface area contributed by atoms with Gasteiger partial charge in [0.25, 0.3) is 5.91 Å². The van der Waals surface area contributed by atoms with Crippen molar-refractivity contribution in [1.82, 2.24) is 30.5 Å². The number of anilines is 2. The van der Waals surface area contributed by atoms with Gasteiger partial charge < -0.3 is 25.6 Å². The Bertz CT molecular complexity index is 1420. The molecule has 41 heavy (non-hydrogen) atoms. The molecule has 3 heterocycles. The van der Waals surface area contributed by atoms with E-state index in [0.29, 0.717) is 69.2 Å². The van der Waals surface area contributed by atoms with Gasteiger partial charge in [-0.15, -0.1) is 5.10 Å². The number of piperidine rings is 1. The van der Waals surface area contributed by atoms with Gasteiger partial charge in [0.05, 0.1) is 31.6 Å². The minimum absolute atomic E-state index is 0.0724. The van der Waals surface area contributed by atoms with Crippen LogP contribution < -0.4 is 20.9 Å². The summed E-state index contributed by atoms with van der Waals surface area (Å²) in [5.74, 6) is -0.359. The third-order valence-electron chi connectivity index (χ3n) is 7.25. The third-order valence-corrected chi connectivity index (χ3v) is 7.25. The van der Waals surface area contributed by atoms with E-state index in [0.717, 1.165) is 5.56 Å². The predicted octanol–water partition coefficient (Wildman–Crippen LogP) is 2.22. The van der Waals surface area contributed by atoms with E-state index in [1.54, 1.807) is 53.2 Å². The maximum absolute atomic E-state index is 13.2. The van der Waals surface area contributed by atoms with E-state index in [1.807, 2.05) is 24.3 Å². The fourth-order valence-corrected chi connectivity index (χ4v) is 4.91. The molecule has 2 saturated heterocycles. The molecule has 2 fully saturated rings. The number of imide groups is 1. The van der Waals surface area contributed by atoms with Gasteiger partial charge in [-0.25, -0.2) is 19.2 Å². The van der Waals surface area contributed by atoms with Gasteiger partial charge in [0.2, 0.25) is 5.91 Å². The summed E-state index contributed by atoms with van der Waals surface area (Å²) < 4.78 is 7.13. The maximum atomic E-state index is 13.2. The van der Waals surface area contributed by atoms with E-state index in [2.05, 4.69) is 26.3 Å². The van der Waals surface area contributed by atoms with Crippen molar-refractivity contribution in [2.24, 2.45) is 0 Å². The summed E-state index contributed by atoms with van der Waals surface area (Å²) in [5.41, 5.74) is 1.54. The number of likely N-dealkylation sites (tertiary alicyclic amines) is 1. The van der Waals surface area contributed by atoms with Crippen LogP contribution in [0.2, 0.25) is 0 Å². The Hall–Kier alpha value is -4.78. The summed E-state index contributed by atoms with van der Waals surface area (Å²) in [6.45, 7) is 1.85. The van der Waals surface area contributed by atoms with Gasteiger partial charge in [0, 0.05) is 37.8 Å². The highest BCUT2D eigenvalue weighted by atomic mass is 16.5. The molecule has 13 heteroatoms. The Kier molecular flexibility index (Phi) is 8.24. The molecule has 0 bridgehead atoms. The van der Waals surface area contributed by atoms with Crippen LogP contribution in [0.1, 0.15) is 19.3 Å². The van der Waals surface area contributed by atoms with Crippen molar-refractivity contribution in [1.29, 1.82) is 0 Å². The second-order valence-electron chi connectivity index (χ2n) is 9.89. The van der Waals surface area contributed by atoms with Crippen molar-refractivity contribution in [3.8, 4) is 11.3 Å². The molecular weight excluding hydrogens is 528 g/mol. The van der Waals surface area contributed by atoms with Crippen LogP contribution in [0.5, 0.6) is 0 Å². The monoisotopic (exact) mass is 560 g/mol. The number of nitrogens with zero attached hydrogens (tertiary/aromatic N) is 5. The van der Waals surface area contributed by atoms with Crippen molar-refractivity contribution in [2.45, 2.75) is 31.3 Å². The van der Waals surface area contributed by atoms with Crippen molar-refractivity contribution in [3.63, 3.8) is 0 Å². The summed E-state index contributed by atoms with van der Waals surface area (Å²) in [6, 6.07) is 15.4. The number of aromatic nitrogens is 3. The van der Waals surface area contributed by atoms with Gasteiger partial charge in [0.1, 0.15) is 11.2 Å². The molecule has 2 aliphatic heterocycles. The number of carbonyl (C=O) groups is 4. The highest BCUT2D eigenvalue weighted by Gasteiger charge is 2.53. The largest absolute Gasteiger partial charge is 0.379 e. The highest BCUT2D eigenvalue weighted by molar-refractivity contribution is 6.23. The third kappa shape index (κ3) is 6.19. The minimum atomic E-state index is -1.01. The smallest absolute Gasteiger partial charge is 0.329 e. The average molecular weight is 561 g/mol. The molecule has 214 valence electrons. The fraction of sp³-hybridized carbons (Fsp3) is 0.357. The van der Waals surface area contributed by atoms with Crippen molar-refractivity contribution in [3.05, 3.63) is 60.8 Å². The van der Waals surface area contributed by atoms with Gasteiger partial charge in [0.15, 0.2) is 0 Å². The van der Waals surface area contributed by atoms with Crippen molar-refractivity contribution < 1.29 is 23.9 Å². The molecule has 1 spiro atoms. The molecule has 2 aliphatic rings. The lowest BCUT2D eigenvalue weighted by Crippen LogP contribution is -2.56. The molecule has 0 aliphatic carbocycles. The van der Waals surface area contributed by atoms with E-state index in [4.69, 9.17) is 4.74 Å². The normalized spacial score (nSPS) is 16.1. The predicted molar refractivity (Wildman–Crippen MR) is 150 cm³/mol. The van der Waals surface area contributed by atoms with Crippen LogP contribution >= 0.6 is 0 Å². The number of rotatable bonds is 9. The second-order valence-corrected chi connectivity index (χ2v) is 9.89. The summed E-state index contributed by atoms with van der Waals surface area (Å²) in [6.07, 6.45) is 2.75. The Morgan fingerprint density at radius 1 is 1.05 bits per heavy atom. The van der Waals surface area contributed by atoms with Crippen LogP contribution in [0.25, 0.3) is 11.3 Å². The lowest BCUT2D eigenvalue weighted by Gasteiger charge is -2.37. The first-order chi connectivity index (χ1) is 19.9. The van der Waals surface area contributed by atoms with Gasteiger partial charge in [-0.05, 0) is 37.1 Å². The first-order valence-corrected chi connectivity index (χ1v) is 13.5. The molecule has 3 aromatic rings. The molecule has 13 nitrogen and oxygen atoms in total. The molecule has 6 amide bonds. The average Bonchev–Trinajstić information content (AvgIpc) is 3.55. The van der Waals surface area contributed by atoms with Crippen molar-refractivity contribution in [2.75, 3.05) is 43.6 Å². The Morgan fingerprint density at radius 3 is 2.59 bits per heavy atom. The molecule has 0 saturated carbocycles. The van der Waals surface area contributed by atoms with Gasteiger partial charge >= 0.3 is 12.1 Å². The van der Waals surface area contributed by atoms with Crippen LogP contribution in [0.4, 0.5) is 21.0 Å². The first-order valence-electron chi connectivity index (χ1n) is 13.5. The lowest BCUT2D eigenvalue weighted by molar-refractivity contribution is -0.123. The van der Waals surface area contributed by atoms with Gasteiger partial charge in [-0.3, -0.25) is 9.59 Å². The first kappa shape index (κ1) is 27.8. The molecule has 5 rings (SSSR count). The van der Waals surface area contributed by atoms with Crippen LogP contribution in [-0.2, 0) is 20.9 Å². The summed E-state index contributed by atoms with van der Waals surface area (Å²) in [7, 11) is 1.59. The zero-order chi connectivity index (χ0) is 28.8. The standard InChI is InChI=1S/C28H32N8O5/c1-29-24(37)10-16-41-17-15-35-19-23(32-33-35)20-6-5-7-21(18-20)30-26(39)34-13-11-28(12-14-34)25(38)36(27(40)31-28)22-8-3-2-4-9-22/h2-9,18-19H,10-17H2,1H3,(H,29,37)(H,30,39)(H,31,40). The van der Waals surface area contributed by atoms with E-state index in [-0.39, 0.29) is 17.8 Å². The Morgan fingerprint density at radius 2 is 1.83 bits per heavy atom. The van der Waals surface area contributed by atoms with E-state index in [9.17, 15) is 19.2 Å². The molecule has 3 N–H and O–H groups in total. The number of para-hydroxylation sites is 1.